The molecular weight excluding hydrogens is 262 g/mol. The molecule has 0 aliphatic rings. The van der Waals surface area contributed by atoms with Gasteiger partial charge < -0.3 is 0 Å². The summed E-state index contributed by atoms with van der Waals surface area (Å²) in [4.78, 5) is 8.00. The largest absolute Gasteiger partial charge is 0.242 e. The van der Waals surface area contributed by atoms with Crippen molar-refractivity contribution in [3.8, 4) is 0 Å². The maximum atomic E-state index is 11.9. The van der Waals surface area contributed by atoms with Crippen LogP contribution in [0, 0.1) is 0 Å². The lowest BCUT2D eigenvalue weighted by molar-refractivity contribution is 0.521. The third kappa shape index (κ3) is 2.11. The summed E-state index contributed by atoms with van der Waals surface area (Å²) < 4.78 is 25.0. The normalized spacial score (nSPS) is 12.2. The van der Waals surface area contributed by atoms with Crippen LogP contribution in [0.3, 0.4) is 0 Å². The Bertz CT molecular complexity index is 670. The van der Waals surface area contributed by atoms with E-state index in [0.717, 1.165) is 4.31 Å². The molecule has 0 amide bonds. The SMILES string of the molecule is CN(C)S(=O)(=O)c1ccc2ncnc(Cl)c2c1. The molecule has 0 unspecified atom stereocenters. The number of rotatable bonds is 2. The summed E-state index contributed by atoms with van der Waals surface area (Å²) in [6.07, 6.45) is 1.34. The highest BCUT2D eigenvalue weighted by molar-refractivity contribution is 7.89. The summed E-state index contributed by atoms with van der Waals surface area (Å²) in [5, 5.41) is 0.767. The predicted octanol–water partition coefficient (Wildman–Crippen LogP) is 1.53. The highest BCUT2D eigenvalue weighted by atomic mass is 35.5. The van der Waals surface area contributed by atoms with Gasteiger partial charge in [-0.05, 0) is 18.2 Å². The molecule has 2 rings (SSSR count). The molecule has 0 aliphatic heterocycles. The lowest BCUT2D eigenvalue weighted by atomic mass is 10.2. The summed E-state index contributed by atoms with van der Waals surface area (Å²) in [7, 11) is -0.516. The molecule has 1 aromatic carbocycles. The Labute approximate surface area is 104 Å². The Morgan fingerprint density at radius 3 is 2.59 bits per heavy atom. The van der Waals surface area contributed by atoms with Gasteiger partial charge in [-0.3, -0.25) is 0 Å². The molecule has 7 heteroatoms. The average molecular weight is 272 g/mol. The Kier molecular flexibility index (Phi) is 3.03. The van der Waals surface area contributed by atoms with E-state index < -0.39 is 10.0 Å². The van der Waals surface area contributed by atoms with Crippen molar-refractivity contribution in [2.75, 3.05) is 14.1 Å². The van der Waals surface area contributed by atoms with E-state index in [0.29, 0.717) is 10.9 Å². The molecular formula is C10H10ClN3O2S. The summed E-state index contributed by atoms with van der Waals surface area (Å²) in [6.45, 7) is 0. The van der Waals surface area contributed by atoms with Crippen molar-refractivity contribution in [1.82, 2.24) is 14.3 Å². The predicted molar refractivity (Wildman–Crippen MR) is 65.4 cm³/mol. The minimum absolute atomic E-state index is 0.173. The number of halogens is 1. The molecule has 1 heterocycles. The molecule has 0 atom stereocenters. The number of hydrogen-bond donors (Lipinski definition) is 0. The molecule has 0 aliphatic carbocycles. The van der Waals surface area contributed by atoms with Gasteiger partial charge in [0.25, 0.3) is 0 Å². The summed E-state index contributed by atoms with van der Waals surface area (Å²) in [5.74, 6) is 0. The lowest BCUT2D eigenvalue weighted by Crippen LogP contribution is -2.22. The number of sulfonamides is 1. The van der Waals surface area contributed by atoms with E-state index >= 15 is 0 Å². The minimum atomic E-state index is -3.47. The molecule has 17 heavy (non-hydrogen) atoms. The van der Waals surface area contributed by atoms with Crippen molar-refractivity contribution < 1.29 is 8.42 Å². The maximum absolute atomic E-state index is 11.9. The van der Waals surface area contributed by atoms with Crippen LogP contribution in [0.1, 0.15) is 0 Å². The Balaban J connectivity index is 2.71. The third-order valence-electron chi connectivity index (χ3n) is 2.34. The first kappa shape index (κ1) is 12.2. The highest BCUT2D eigenvalue weighted by Crippen LogP contribution is 2.23. The van der Waals surface area contributed by atoms with Crippen molar-refractivity contribution in [1.29, 1.82) is 0 Å². The molecule has 0 spiro atoms. The second-order valence-electron chi connectivity index (χ2n) is 3.63. The van der Waals surface area contributed by atoms with E-state index in [-0.39, 0.29) is 10.0 Å². The van der Waals surface area contributed by atoms with Gasteiger partial charge in [0.2, 0.25) is 10.0 Å². The van der Waals surface area contributed by atoms with Crippen molar-refractivity contribution >= 4 is 32.5 Å². The van der Waals surface area contributed by atoms with E-state index in [4.69, 9.17) is 11.6 Å². The van der Waals surface area contributed by atoms with Gasteiger partial charge in [-0.15, -0.1) is 0 Å². The van der Waals surface area contributed by atoms with Crippen LogP contribution >= 0.6 is 11.6 Å². The number of benzene rings is 1. The Morgan fingerprint density at radius 2 is 1.94 bits per heavy atom. The number of hydrogen-bond acceptors (Lipinski definition) is 4. The monoisotopic (exact) mass is 271 g/mol. The van der Waals surface area contributed by atoms with Crippen LogP contribution in [0.2, 0.25) is 5.15 Å². The smallest absolute Gasteiger partial charge is 0.236 e. The van der Waals surface area contributed by atoms with E-state index in [1.165, 1.54) is 32.6 Å². The number of nitrogens with zero attached hydrogens (tertiary/aromatic N) is 3. The quantitative estimate of drug-likeness (QED) is 0.777. The number of fused-ring (bicyclic) bond motifs is 1. The summed E-state index contributed by atoms with van der Waals surface area (Å²) in [6, 6.07) is 4.59. The summed E-state index contributed by atoms with van der Waals surface area (Å²) in [5.41, 5.74) is 0.614. The van der Waals surface area contributed by atoms with Crippen LogP contribution in [0.5, 0.6) is 0 Å². The summed E-state index contributed by atoms with van der Waals surface area (Å²) >= 11 is 5.90. The van der Waals surface area contributed by atoms with Crippen LogP contribution in [-0.2, 0) is 10.0 Å². The highest BCUT2D eigenvalue weighted by Gasteiger charge is 2.18. The third-order valence-corrected chi connectivity index (χ3v) is 4.45. The van der Waals surface area contributed by atoms with Gasteiger partial charge in [0.05, 0.1) is 10.4 Å². The molecule has 0 radical (unpaired) electrons. The van der Waals surface area contributed by atoms with Crippen molar-refractivity contribution in [3.05, 3.63) is 29.7 Å². The lowest BCUT2D eigenvalue weighted by Gasteiger charge is -2.11. The van der Waals surface area contributed by atoms with Gasteiger partial charge in [-0.25, -0.2) is 22.7 Å². The van der Waals surface area contributed by atoms with E-state index in [9.17, 15) is 8.42 Å². The van der Waals surface area contributed by atoms with Crippen molar-refractivity contribution in [2.24, 2.45) is 0 Å². The zero-order valence-electron chi connectivity index (χ0n) is 9.25. The molecule has 0 saturated carbocycles. The van der Waals surface area contributed by atoms with E-state index in [1.807, 2.05) is 0 Å². The Hall–Kier alpha value is -1.24. The molecule has 0 bridgehead atoms. The second-order valence-corrected chi connectivity index (χ2v) is 6.14. The second kappa shape index (κ2) is 4.21. The van der Waals surface area contributed by atoms with E-state index in [2.05, 4.69) is 9.97 Å². The number of aromatic nitrogens is 2. The van der Waals surface area contributed by atoms with Gasteiger partial charge in [0.15, 0.2) is 0 Å². The van der Waals surface area contributed by atoms with E-state index in [1.54, 1.807) is 6.07 Å². The molecule has 0 saturated heterocycles. The van der Waals surface area contributed by atoms with Crippen LogP contribution in [-0.4, -0.2) is 36.8 Å². The maximum Gasteiger partial charge on any atom is 0.242 e. The molecule has 90 valence electrons. The topological polar surface area (TPSA) is 63.2 Å². The fourth-order valence-electron chi connectivity index (χ4n) is 1.38. The molecule has 5 nitrogen and oxygen atoms in total. The van der Waals surface area contributed by atoms with Gasteiger partial charge >= 0.3 is 0 Å². The fourth-order valence-corrected chi connectivity index (χ4v) is 2.50. The van der Waals surface area contributed by atoms with Gasteiger partial charge in [-0.2, -0.15) is 0 Å². The fraction of sp³-hybridized carbons (Fsp3) is 0.200. The van der Waals surface area contributed by atoms with Crippen molar-refractivity contribution in [3.63, 3.8) is 0 Å². The van der Waals surface area contributed by atoms with Gasteiger partial charge in [0, 0.05) is 19.5 Å². The first-order chi connectivity index (χ1) is 7.93. The first-order valence-electron chi connectivity index (χ1n) is 4.76. The van der Waals surface area contributed by atoms with Crippen LogP contribution in [0.25, 0.3) is 10.9 Å². The molecule has 0 N–H and O–H groups in total. The van der Waals surface area contributed by atoms with Crippen molar-refractivity contribution in [2.45, 2.75) is 4.90 Å². The Morgan fingerprint density at radius 1 is 1.24 bits per heavy atom. The van der Waals surface area contributed by atoms with Crippen LogP contribution < -0.4 is 0 Å². The molecule has 0 fully saturated rings. The zero-order chi connectivity index (χ0) is 12.6. The van der Waals surface area contributed by atoms with Gasteiger partial charge in [0.1, 0.15) is 11.5 Å². The molecule has 2 aromatic rings. The molecule has 1 aromatic heterocycles. The first-order valence-corrected chi connectivity index (χ1v) is 6.57. The standard InChI is InChI=1S/C10H10ClN3O2S/c1-14(2)17(15,16)7-3-4-9-8(5-7)10(11)13-6-12-9/h3-6H,1-2H3. The van der Waals surface area contributed by atoms with Crippen LogP contribution in [0.4, 0.5) is 0 Å². The average Bonchev–Trinajstić information content (AvgIpc) is 2.29. The van der Waals surface area contributed by atoms with Crippen LogP contribution in [0.15, 0.2) is 29.4 Å². The van der Waals surface area contributed by atoms with Gasteiger partial charge in [-0.1, -0.05) is 11.6 Å². The minimum Gasteiger partial charge on any atom is -0.236 e. The zero-order valence-corrected chi connectivity index (χ0v) is 10.8.